The SMILES string of the molecule is COC(=O)Cc1cc(OC(F)F)c(Cl)cc1Cl. The Morgan fingerprint density at radius 2 is 2.00 bits per heavy atom. The third-order valence-corrected chi connectivity index (χ3v) is 2.53. The Morgan fingerprint density at radius 3 is 2.53 bits per heavy atom. The van der Waals surface area contributed by atoms with Gasteiger partial charge in [-0.3, -0.25) is 4.79 Å². The van der Waals surface area contributed by atoms with E-state index in [4.69, 9.17) is 23.2 Å². The Morgan fingerprint density at radius 1 is 1.35 bits per heavy atom. The summed E-state index contributed by atoms with van der Waals surface area (Å²) >= 11 is 11.5. The topological polar surface area (TPSA) is 35.5 Å². The van der Waals surface area contributed by atoms with Gasteiger partial charge in [0, 0.05) is 5.02 Å². The number of rotatable bonds is 4. The van der Waals surface area contributed by atoms with Gasteiger partial charge in [-0.2, -0.15) is 8.78 Å². The van der Waals surface area contributed by atoms with Gasteiger partial charge in [0.05, 0.1) is 18.6 Å². The number of esters is 1. The van der Waals surface area contributed by atoms with Gasteiger partial charge in [-0.15, -0.1) is 0 Å². The Balaban J connectivity index is 3.01. The second-order valence-electron chi connectivity index (χ2n) is 3.01. The molecule has 3 nitrogen and oxygen atoms in total. The Hall–Kier alpha value is -1.07. The molecule has 0 aliphatic carbocycles. The first-order chi connectivity index (χ1) is 7.93. The largest absolute Gasteiger partial charge is 0.469 e. The van der Waals surface area contributed by atoms with Gasteiger partial charge in [0.15, 0.2) is 0 Å². The summed E-state index contributed by atoms with van der Waals surface area (Å²) in [6.07, 6.45) is -0.147. The predicted octanol–water partition coefficient (Wildman–Crippen LogP) is 3.31. The molecule has 1 rings (SSSR count). The molecule has 0 aromatic heterocycles. The maximum atomic E-state index is 12.1. The highest BCUT2D eigenvalue weighted by Gasteiger charge is 2.14. The highest BCUT2D eigenvalue weighted by atomic mass is 35.5. The first kappa shape index (κ1) is 14.0. The fourth-order valence-electron chi connectivity index (χ4n) is 1.12. The quantitative estimate of drug-likeness (QED) is 0.796. The van der Waals surface area contributed by atoms with Crippen LogP contribution in [-0.2, 0) is 16.0 Å². The summed E-state index contributed by atoms with van der Waals surface area (Å²) in [4.78, 5) is 11.0. The van der Waals surface area contributed by atoms with Crippen molar-refractivity contribution in [2.24, 2.45) is 0 Å². The van der Waals surface area contributed by atoms with Gasteiger partial charge in [0.1, 0.15) is 5.75 Å². The molecule has 7 heteroatoms. The zero-order chi connectivity index (χ0) is 13.0. The molecule has 0 unspecified atom stereocenters. The van der Waals surface area contributed by atoms with E-state index in [2.05, 4.69) is 9.47 Å². The van der Waals surface area contributed by atoms with Crippen LogP contribution < -0.4 is 4.74 Å². The summed E-state index contributed by atoms with van der Waals surface area (Å²) in [6, 6.07) is 2.42. The number of benzene rings is 1. The molecule has 0 saturated heterocycles. The van der Waals surface area contributed by atoms with E-state index in [0.29, 0.717) is 5.56 Å². The lowest BCUT2D eigenvalue weighted by atomic mass is 10.1. The molecule has 0 N–H and O–H groups in total. The average Bonchev–Trinajstić information content (AvgIpc) is 2.24. The van der Waals surface area contributed by atoms with Crippen molar-refractivity contribution < 1.29 is 23.0 Å². The van der Waals surface area contributed by atoms with Crippen molar-refractivity contribution in [1.29, 1.82) is 0 Å². The highest BCUT2D eigenvalue weighted by Crippen LogP contribution is 2.32. The molecule has 0 atom stereocenters. The number of halogens is 4. The number of hydrogen-bond acceptors (Lipinski definition) is 3. The molecule has 1 aromatic carbocycles. The summed E-state index contributed by atoms with van der Waals surface area (Å²) in [5, 5.41) is 0.130. The molecule has 0 radical (unpaired) electrons. The Labute approximate surface area is 106 Å². The monoisotopic (exact) mass is 284 g/mol. The molecular weight excluding hydrogens is 277 g/mol. The fraction of sp³-hybridized carbons (Fsp3) is 0.300. The average molecular weight is 285 g/mol. The van der Waals surface area contributed by atoms with E-state index >= 15 is 0 Å². The van der Waals surface area contributed by atoms with Crippen LogP contribution in [0.3, 0.4) is 0 Å². The number of ether oxygens (including phenoxy) is 2. The molecule has 17 heavy (non-hydrogen) atoms. The summed E-state index contributed by atoms with van der Waals surface area (Å²) in [6.45, 7) is -3.00. The number of alkyl halides is 2. The predicted molar refractivity (Wildman–Crippen MR) is 58.8 cm³/mol. The van der Waals surface area contributed by atoms with Crippen LogP contribution in [0.2, 0.25) is 10.0 Å². The molecule has 0 amide bonds. The highest BCUT2D eigenvalue weighted by molar-refractivity contribution is 6.36. The van der Waals surface area contributed by atoms with E-state index in [9.17, 15) is 13.6 Å². The van der Waals surface area contributed by atoms with Crippen LogP contribution in [0.25, 0.3) is 0 Å². The lowest BCUT2D eigenvalue weighted by Crippen LogP contribution is -2.07. The molecule has 94 valence electrons. The van der Waals surface area contributed by atoms with Crippen molar-refractivity contribution >= 4 is 29.2 Å². The van der Waals surface area contributed by atoms with Crippen LogP contribution >= 0.6 is 23.2 Å². The van der Waals surface area contributed by atoms with E-state index in [1.54, 1.807) is 0 Å². The molecule has 0 spiro atoms. The minimum atomic E-state index is -3.00. The second kappa shape index (κ2) is 6.02. The smallest absolute Gasteiger partial charge is 0.387 e. The van der Waals surface area contributed by atoms with E-state index in [1.807, 2.05) is 0 Å². The zero-order valence-corrected chi connectivity index (χ0v) is 10.2. The van der Waals surface area contributed by atoms with Gasteiger partial charge in [0.2, 0.25) is 0 Å². The first-order valence-corrected chi connectivity index (χ1v) is 5.19. The summed E-state index contributed by atoms with van der Waals surface area (Å²) in [5.74, 6) is -0.776. The van der Waals surface area contributed by atoms with Gasteiger partial charge in [-0.05, 0) is 17.7 Å². The lowest BCUT2D eigenvalue weighted by molar-refractivity contribution is -0.139. The molecule has 0 aliphatic rings. The number of carbonyl (C=O) groups excluding carboxylic acids is 1. The van der Waals surface area contributed by atoms with Crippen LogP contribution in [0.5, 0.6) is 5.75 Å². The normalized spacial score (nSPS) is 10.5. The first-order valence-electron chi connectivity index (χ1n) is 4.43. The van der Waals surface area contributed by atoms with Gasteiger partial charge in [0.25, 0.3) is 0 Å². The van der Waals surface area contributed by atoms with Gasteiger partial charge < -0.3 is 9.47 Å². The maximum Gasteiger partial charge on any atom is 0.387 e. The molecule has 0 fully saturated rings. The summed E-state index contributed by atoms with van der Waals surface area (Å²) in [7, 11) is 1.21. The van der Waals surface area contributed by atoms with E-state index in [0.717, 1.165) is 0 Å². The lowest BCUT2D eigenvalue weighted by Gasteiger charge is -2.10. The van der Waals surface area contributed by atoms with Gasteiger partial charge >= 0.3 is 12.6 Å². The van der Waals surface area contributed by atoms with Gasteiger partial charge in [-0.25, -0.2) is 0 Å². The number of hydrogen-bond donors (Lipinski definition) is 0. The van der Waals surface area contributed by atoms with E-state index in [1.165, 1.54) is 19.2 Å². The second-order valence-corrected chi connectivity index (χ2v) is 3.82. The fourth-order valence-corrected chi connectivity index (χ4v) is 1.62. The summed E-state index contributed by atoms with van der Waals surface area (Å²) in [5.41, 5.74) is 0.304. The van der Waals surface area contributed by atoms with Crippen LogP contribution in [-0.4, -0.2) is 19.7 Å². The standard InChI is InChI=1S/C10H8Cl2F2O3/c1-16-9(15)3-5-2-8(17-10(13)14)7(12)4-6(5)11/h2,4,10H,3H2,1H3. The molecular formula is C10H8Cl2F2O3. The van der Waals surface area contributed by atoms with Crippen LogP contribution in [0, 0.1) is 0 Å². The number of methoxy groups -OCH3 is 1. The molecule has 0 saturated carbocycles. The van der Waals surface area contributed by atoms with Crippen molar-refractivity contribution in [1.82, 2.24) is 0 Å². The maximum absolute atomic E-state index is 12.1. The van der Waals surface area contributed by atoms with Crippen LogP contribution in [0.1, 0.15) is 5.56 Å². The van der Waals surface area contributed by atoms with Crippen molar-refractivity contribution in [3.8, 4) is 5.75 Å². The third-order valence-electron chi connectivity index (χ3n) is 1.88. The van der Waals surface area contributed by atoms with Crippen molar-refractivity contribution in [3.05, 3.63) is 27.7 Å². The minimum Gasteiger partial charge on any atom is -0.469 e. The summed E-state index contributed by atoms with van der Waals surface area (Å²) < 4.78 is 32.7. The molecule has 0 heterocycles. The zero-order valence-electron chi connectivity index (χ0n) is 8.68. The number of carbonyl (C=O) groups is 1. The Kier molecular flexibility index (Phi) is 4.96. The van der Waals surface area contributed by atoms with Crippen molar-refractivity contribution in [2.45, 2.75) is 13.0 Å². The van der Waals surface area contributed by atoms with Crippen molar-refractivity contribution in [2.75, 3.05) is 7.11 Å². The van der Waals surface area contributed by atoms with Crippen molar-refractivity contribution in [3.63, 3.8) is 0 Å². The van der Waals surface area contributed by atoms with Crippen LogP contribution in [0.4, 0.5) is 8.78 Å². The molecule has 1 aromatic rings. The van der Waals surface area contributed by atoms with E-state index in [-0.39, 0.29) is 22.2 Å². The van der Waals surface area contributed by atoms with E-state index < -0.39 is 12.6 Å². The minimum absolute atomic E-state index is 0.0519. The molecule has 0 bridgehead atoms. The third kappa shape index (κ3) is 4.02. The van der Waals surface area contributed by atoms with Crippen LogP contribution in [0.15, 0.2) is 12.1 Å². The van der Waals surface area contributed by atoms with Gasteiger partial charge in [-0.1, -0.05) is 23.2 Å². The molecule has 0 aliphatic heterocycles. The Bertz CT molecular complexity index is 424.